The van der Waals surface area contributed by atoms with E-state index in [2.05, 4.69) is 9.71 Å². The van der Waals surface area contributed by atoms with Crippen molar-refractivity contribution in [3.8, 4) is 0 Å². The quantitative estimate of drug-likeness (QED) is 0.757. The summed E-state index contributed by atoms with van der Waals surface area (Å²) in [5.41, 5.74) is 0.249. The molecule has 2 N–H and O–H groups in total. The maximum Gasteiger partial charge on any atom is 0.335 e. The summed E-state index contributed by atoms with van der Waals surface area (Å²) in [5.74, 6) is -2.39. The number of rotatable bonds is 4. The lowest BCUT2D eigenvalue weighted by molar-refractivity contribution is 0.0696. The first-order valence-corrected chi connectivity index (χ1v) is 8.26. The highest BCUT2D eigenvalue weighted by Gasteiger charge is 2.22. The summed E-state index contributed by atoms with van der Waals surface area (Å²) in [7, 11) is -4.32. The number of pyridine rings is 1. The molecule has 0 aliphatic heterocycles. The second-order valence-electron chi connectivity index (χ2n) is 4.94. The van der Waals surface area contributed by atoms with Gasteiger partial charge in [0.25, 0.3) is 10.0 Å². The highest BCUT2D eigenvalue weighted by atomic mass is 32.2. The maximum absolute atomic E-state index is 13.9. The summed E-state index contributed by atoms with van der Waals surface area (Å²) in [5, 5.41) is 9.66. The highest BCUT2D eigenvalue weighted by Crippen LogP contribution is 2.25. The second-order valence-corrected chi connectivity index (χ2v) is 6.59. The summed E-state index contributed by atoms with van der Waals surface area (Å²) in [6, 6.07) is 10.9. The minimum Gasteiger partial charge on any atom is -0.478 e. The van der Waals surface area contributed by atoms with Crippen LogP contribution in [0.2, 0.25) is 0 Å². The molecule has 122 valence electrons. The van der Waals surface area contributed by atoms with Gasteiger partial charge < -0.3 is 5.11 Å². The fourth-order valence-electron chi connectivity index (χ4n) is 2.23. The van der Waals surface area contributed by atoms with E-state index < -0.39 is 26.7 Å². The number of aromatic carboxylic acids is 1. The standard InChI is InChI=1S/C16H11FN2O4S/c17-12-7-6-11(16(20)21)9-14(12)24(22,23)19-13-5-1-3-10-4-2-8-18-15(10)13/h1-9,19H,(H,20,21). The van der Waals surface area contributed by atoms with E-state index in [1.807, 2.05) is 0 Å². The van der Waals surface area contributed by atoms with Gasteiger partial charge >= 0.3 is 5.97 Å². The van der Waals surface area contributed by atoms with Crippen LogP contribution in [0.3, 0.4) is 0 Å². The Bertz CT molecular complexity index is 1050. The van der Waals surface area contributed by atoms with E-state index in [-0.39, 0.29) is 11.3 Å². The SMILES string of the molecule is O=C(O)c1ccc(F)c(S(=O)(=O)Nc2cccc3cccnc23)c1. The van der Waals surface area contributed by atoms with Gasteiger partial charge in [0.2, 0.25) is 0 Å². The van der Waals surface area contributed by atoms with Gasteiger partial charge in [0.1, 0.15) is 10.7 Å². The summed E-state index contributed by atoms with van der Waals surface area (Å²) < 4.78 is 41.1. The zero-order chi connectivity index (χ0) is 17.3. The molecular formula is C16H11FN2O4S. The fourth-order valence-corrected chi connectivity index (χ4v) is 3.40. The van der Waals surface area contributed by atoms with Crippen LogP contribution >= 0.6 is 0 Å². The van der Waals surface area contributed by atoms with Crippen molar-refractivity contribution in [2.45, 2.75) is 4.90 Å². The third kappa shape index (κ3) is 2.91. The molecule has 3 rings (SSSR count). The number of nitrogens with one attached hydrogen (secondary N) is 1. The van der Waals surface area contributed by atoms with Crippen LogP contribution in [0.5, 0.6) is 0 Å². The lowest BCUT2D eigenvalue weighted by Crippen LogP contribution is -2.16. The molecule has 1 aromatic heterocycles. The number of para-hydroxylation sites is 1. The minimum absolute atomic E-state index is 0.174. The maximum atomic E-state index is 13.9. The number of carbonyl (C=O) groups is 1. The number of halogens is 1. The van der Waals surface area contributed by atoms with Crippen molar-refractivity contribution in [1.29, 1.82) is 0 Å². The number of sulfonamides is 1. The third-order valence-corrected chi connectivity index (χ3v) is 4.73. The molecule has 0 atom stereocenters. The molecule has 0 saturated heterocycles. The number of carboxylic acids is 1. The van der Waals surface area contributed by atoms with Crippen LogP contribution in [-0.4, -0.2) is 24.5 Å². The van der Waals surface area contributed by atoms with E-state index in [4.69, 9.17) is 5.11 Å². The Balaban J connectivity index is 2.09. The Kier molecular flexibility index (Phi) is 3.90. The fraction of sp³-hybridized carbons (Fsp3) is 0. The van der Waals surface area contributed by atoms with E-state index in [9.17, 15) is 17.6 Å². The lowest BCUT2D eigenvalue weighted by Gasteiger charge is -2.11. The molecule has 0 unspecified atom stereocenters. The molecule has 0 amide bonds. The van der Waals surface area contributed by atoms with Crippen molar-refractivity contribution in [3.05, 3.63) is 66.1 Å². The van der Waals surface area contributed by atoms with Gasteiger partial charge in [-0.1, -0.05) is 18.2 Å². The average Bonchev–Trinajstić information content (AvgIpc) is 2.55. The zero-order valence-corrected chi connectivity index (χ0v) is 12.9. The third-order valence-electron chi connectivity index (χ3n) is 3.34. The average molecular weight is 346 g/mol. The summed E-state index contributed by atoms with van der Waals surface area (Å²) >= 11 is 0. The van der Waals surface area contributed by atoms with Crippen molar-refractivity contribution in [1.82, 2.24) is 4.98 Å². The first kappa shape index (κ1) is 15.9. The van der Waals surface area contributed by atoms with Gasteiger partial charge in [0, 0.05) is 11.6 Å². The smallest absolute Gasteiger partial charge is 0.335 e. The van der Waals surface area contributed by atoms with Crippen LogP contribution in [0.4, 0.5) is 10.1 Å². The molecule has 3 aromatic rings. The summed E-state index contributed by atoms with van der Waals surface area (Å²) in [6.45, 7) is 0. The van der Waals surface area contributed by atoms with Crippen molar-refractivity contribution in [3.63, 3.8) is 0 Å². The minimum atomic E-state index is -4.32. The number of hydrogen-bond acceptors (Lipinski definition) is 4. The molecule has 0 radical (unpaired) electrons. The number of carboxylic acid groups (broad SMARTS) is 1. The van der Waals surface area contributed by atoms with Crippen molar-refractivity contribution >= 4 is 32.6 Å². The van der Waals surface area contributed by atoms with E-state index in [0.717, 1.165) is 18.2 Å². The van der Waals surface area contributed by atoms with Crippen molar-refractivity contribution < 1.29 is 22.7 Å². The van der Waals surface area contributed by atoms with Gasteiger partial charge in [-0.2, -0.15) is 0 Å². The molecule has 1 heterocycles. The van der Waals surface area contributed by atoms with Crippen LogP contribution in [0, 0.1) is 5.82 Å². The van der Waals surface area contributed by atoms with E-state index in [1.165, 1.54) is 12.3 Å². The molecule has 24 heavy (non-hydrogen) atoms. The van der Waals surface area contributed by atoms with Gasteiger partial charge in [-0.3, -0.25) is 9.71 Å². The number of anilines is 1. The topological polar surface area (TPSA) is 96.4 Å². The van der Waals surface area contributed by atoms with Gasteiger partial charge in [0.15, 0.2) is 0 Å². The van der Waals surface area contributed by atoms with Crippen molar-refractivity contribution in [2.75, 3.05) is 4.72 Å². The van der Waals surface area contributed by atoms with Crippen LogP contribution in [0.25, 0.3) is 10.9 Å². The molecule has 0 aliphatic carbocycles. The van der Waals surface area contributed by atoms with Gasteiger partial charge in [0.05, 0.1) is 16.8 Å². The molecule has 2 aromatic carbocycles. The predicted molar refractivity (Wildman–Crippen MR) is 85.9 cm³/mol. The number of aromatic nitrogens is 1. The molecule has 0 saturated carbocycles. The van der Waals surface area contributed by atoms with Crippen LogP contribution in [-0.2, 0) is 10.0 Å². The largest absolute Gasteiger partial charge is 0.478 e. The number of fused-ring (bicyclic) bond motifs is 1. The molecule has 6 nitrogen and oxygen atoms in total. The molecule has 0 aliphatic rings. The molecule has 8 heteroatoms. The Morgan fingerprint density at radius 2 is 1.88 bits per heavy atom. The van der Waals surface area contributed by atoms with Gasteiger partial charge in [-0.15, -0.1) is 0 Å². The number of benzene rings is 2. The monoisotopic (exact) mass is 346 g/mol. The van der Waals surface area contributed by atoms with Gasteiger partial charge in [-0.25, -0.2) is 17.6 Å². The Morgan fingerprint density at radius 3 is 2.62 bits per heavy atom. The normalized spacial score (nSPS) is 11.4. The van der Waals surface area contributed by atoms with E-state index in [0.29, 0.717) is 10.9 Å². The number of nitrogens with zero attached hydrogens (tertiary/aromatic N) is 1. The Labute approximate surface area is 136 Å². The molecule has 0 spiro atoms. The van der Waals surface area contributed by atoms with Crippen LogP contribution < -0.4 is 4.72 Å². The molecular weight excluding hydrogens is 335 g/mol. The first-order chi connectivity index (χ1) is 11.4. The molecule has 0 fully saturated rings. The van der Waals surface area contributed by atoms with Crippen molar-refractivity contribution in [2.24, 2.45) is 0 Å². The van der Waals surface area contributed by atoms with E-state index >= 15 is 0 Å². The summed E-state index contributed by atoms with van der Waals surface area (Å²) in [4.78, 5) is 14.3. The summed E-state index contributed by atoms with van der Waals surface area (Å²) in [6.07, 6.45) is 1.51. The Hall–Kier alpha value is -3.00. The highest BCUT2D eigenvalue weighted by molar-refractivity contribution is 7.92. The lowest BCUT2D eigenvalue weighted by atomic mass is 10.2. The van der Waals surface area contributed by atoms with Crippen LogP contribution in [0.1, 0.15) is 10.4 Å². The van der Waals surface area contributed by atoms with E-state index in [1.54, 1.807) is 24.3 Å². The number of hydrogen-bond donors (Lipinski definition) is 2. The first-order valence-electron chi connectivity index (χ1n) is 6.78. The Morgan fingerprint density at radius 1 is 1.12 bits per heavy atom. The van der Waals surface area contributed by atoms with Crippen LogP contribution in [0.15, 0.2) is 59.6 Å². The zero-order valence-electron chi connectivity index (χ0n) is 12.1. The molecule has 0 bridgehead atoms. The predicted octanol–water partition coefficient (Wildman–Crippen LogP) is 2.87. The second kappa shape index (κ2) is 5.89. The van der Waals surface area contributed by atoms with Gasteiger partial charge in [-0.05, 0) is 30.3 Å².